The Morgan fingerprint density at radius 1 is 1.27 bits per heavy atom. The first kappa shape index (κ1) is 18.6. The SMILES string of the molecule is COCCn1ccnc1CNC1CCN(C(=O)c2ccc(C)cc2)CC1. The summed E-state index contributed by atoms with van der Waals surface area (Å²) in [4.78, 5) is 19.0. The quantitative estimate of drug-likeness (QED) is 0.826. The van der Waals surface area contributed by atoms with Crippen LogP contribution in [0.3, 0.4) is 0 Å². The first-order chi connectivity index (χ1) is 12.7. The average molecular weight is 356 g/mol. The number of hydrogen-bond acceptors (Lipinski definition) is 4. The van der Waals surface area contributed by atoms with Gasteiger partial charge in [-0.15, -0.1) is 0 Å². The van der Waals surface area contributed by atoms with Crippen molar-refractivity contribution in [2.45, 2.75) is 38.9 Å². The van der Waals surface area contributed by atoms with Crippen molar-refractivity contribution >= 4 is 5.91 Å². The van der Waals surface area contributed by atoms with Gasteiger partial charge in [-0.2, -0.15) is 0 Å². The third-order valence-electron chi connectivity index (χ3n) is 4.97. The van der Waals surface area contributed by atoms with Gasteiger partial charge in [-0.1, -0.05) is 17.7 Å². The topological polar surface area (TPSA) is 59.4 Å². The Balaban J connectivity index is 1.46. The molecule has 2 aromatic rings. The fourth-order valence-electron chi connectivity index (χ4n) is 3.30. The summed E-state index contributed by atoms with van der Waals surface area (Å²) >= 11 is 0. The second-order valence-electron chi connectivity index (χ2n) is 6.84. The van der Waals surface area contributed by atoms with E-state index in [1.54, 1.807) is 7.11 Å². The van der Waals surface area contributed by atoms with Crippen LogP contribution in [0.2, 0.25) is 0 Å². The third kappa shape index (κ3) is 4.71. The van der Waals surface area contributed by atoms with E-state index >= 15 is 0 Å². The molecule has 0 bridgehead atoms. The Bertz CT molecular complexity index is 703. The molecule has 0 unspecified atom stereocenters. The lowest BCUT2D eigenvalue weighted by Gasteiger charge is -2.32. The first-order valence-electron chi connectivity index (χ1n) is 9.25. The van der Waals surface area contributed by atoms with E-state index in [-0.39, 0.29) is 5.91 Å². The summed E-state index contributed by atoms with van der Waals surface area (Å²) < 4.78 is 7.25. The number of carbonyl (C=O) groups is 1. The van der Waals surface area contributed by atoms with E-state index in [1.165, 1.54) is 5.56 Å². The number of methoxy groups -OCH3 is 1. The van der Waals surface area contributed by atoms with Crippen molar-refractivity contribution in [1.29, 1.82) is 0 Å². The lowest BCUT2D eigenvalue weighted by atomic mass is 10.0. The highest BCUT2D eigenvalue weighted by molar-refractivity contribution is 5.94. The summed E-state index contributed by atoms with van der Waals surface area (Å²) in [5.74, 6) is 1.17. The molecule has 1 aromatic heterocycles. The molecule has 0 saturated carbocycles. The zero-order chi connectivity index (χ0) is 18.4. The monoisotopic (exact) mass is 356 g/mol. The van der Waals surface area contributed by atoms with Crippen LogP contribution in [-0.4, -0.2) is 53.2 Å². The van der Waals surface area contributed by atoms with Gasteiger partial charge in [0.2, 0.25) is 0 Å². The molecular weight excluding hydrogens is 328 g/mol. The number of hydrogen-bond donors (Lipinski definition) is 1. The van der Waals surface area contributed by atoms with Crippen LogP contribution in [0, 0.1) is 6.92 Å². The van der Waals surface area contributed by atoms with Crippen LogP contribution in [0.4, 0.5) is 0 Å². The maximum absolute atomic E-state index is 12.6. The Labute approximate surface area is 155 Å². The van der Waals surface area contributed by atoms with E-state index in [4.69, 9.17) is 4.74 Å². The molecule has 1 aliphatic heterocycles. The molecule has 6 nitrogen and oxygen atoms in total. The zero-order valence-electron chi connectivity index (χ0n) is 15.6. The van der Waals surface area contributed by atoms with Gasteiger partial charge in [-0.25, -0.2) is 4.98 Å². The molecule has 1 fully saturated rings. The molecule has 1 saturated heterocycles. The van der Waals surface area contributed by atoms with Crippen molar-refractivity contribution in [3.8, 4) is 0 Å². The fourth-order valence-corrected chi connectivity index (χ4v) is 3.30. The van der Waals surface area contributed by atoms with Crippen molar-refractivity contribution < 1.29 is 9.53 Å². The van der Waals surface area contributed by atoms with E-state index < -0.39 is 0 Å². The van der Waals surface area contributed by atoms with Crippen LogP contribution < -0.4 is 5.32 Å². The highest BCUT2D eigenvalue weighted by Crippen LogP contribution is 2.15. The first-order valence-corrected chi connectivity index (χ1v) is 9.25. The van der Waals surface area contributed by atoms with Crippen molar-refractivity contribution in [2.24, 2.45) is 0 Å². The molecule has 26 heavy (non-hydrogen) atoms. The molecule has 3 rings (SSSR count). The maximum Gasteiger partial charge on any atom is 0.253 e. The molecule has 0 atom stereocenters. The number of likely N-dealkylation sites (tertiary alicyclic amines) is 1. The van der Waals surface area contributed by atoms with E-state index in [9.17, 15) is 4.79 Å². The van der Waals surface area contributed by atoms with E-state index in [0.29, 0.717) is 12.6 Å². The van der Waals surface area contributed by atoms with Crippen molar-refractivity contribution in [2.75, 3.05) is 26.8 Å². The van der Waals surface area contributed by atoms with Crippen molar-refractivity contribution in [3.05, 3.63) is 53.6 Å². The lowest BCUT2D eigenvalue weighted by Crippen LogP contribution is -2.44. The molecule has 2 heterocycles. The van der Waals surface area contributed by atoms with Crippen LogP contribution in [-0.2, 0) is 17.8 Å². The summed E-state index contributed by atoms with van der Waals surface area (Å²) in [7, 11) is 1.71. The number of nitrogens with zero attached hydrogens (tertiary/aromatic N) is 3. The van der Waals surface area contributed by atoms with E-state index in [2.05, 4.69) is 14.9 Å². The predicted molar refractivity (Wildman–Crippen MR) is 101 cm³/mol. The van der Waals surface area contributed by atoms with Crippen LogP contribution >= 0.6 is 0 Å². The third-order valence-corrected chi connectivity index (χ3v) is 4.97. The number of amides is 1. The number of carbonyl (C=O) groups excluding carboxylic acids is 1. The molecular formula is C20H28N4O2. The van der Waals surface area contributed by atoms with Crippen LogP contribution in [0.5, 0.6) is 0 Å². The summed E-state index contributed by atoms with van der Waals surface area (Å²) in [6.45, 7) is 5.87. The average Bonchev–Trinajstić information content (AvgIpc) is 3.12. The van der Waals surface area contributed by atoms with Gasteiger partial charge in [0.25, 0.3) is 5.91 Å². The Kier molecular flexibility index (Phi) is 6.41. The Hall–Kier alpha value is -2.18. The molecule has 1 aromatic carbocycles. The highest BCUT2D eigenvalue weighted by atomic mass is 16.5. The number of ether oxygens (including phenoxy) is 1. The summed E-state index contributed by atoms with van der Waals surface area (Å²) in [6.07, 6.45) is 5.75. The number of aromatic nitrogens is 2. The van der Waals surface area contributed by atoms with Gasteiger partial charge < -0.3 is 19.5 Å². The number of benzene rings is 1. The maximum atomic E-state index is 12.6. The number of rotatable bonds is 7. The minimum Gasteiger partial charge on any atom is -0.383 e. The molecule has 140 valence electrons. The number of nitrogens with one attached hydrogen (secondary N) is 1. The van der Waals surface area contributed by atoms with Gasteiger partial charge in [-0.05, 0) is 31.9 Å². The van der Waals surface area contributed by atoms with Crippen molar-refractivity contribution in [3.63, 3.8) is 0 Å². The number of aryl methyl sites for hydroxylation is 1. The van der Waals surface area contributed by atoms with Crippen LogP contribution in [0.1, 0.15) is 34.6 Å². The minimum absolute atomic E-state index is 0.138. The van der Waals surface area contributed by atoms with Gasteiger partial charge in [0.1, 0.15) is 5.82 Å². The molecule has 1 aliphatic rings. The van der Waals surface area contributed by atoms with Crippen LogP contribution in [0.25, 0.3) is 0 Å². The second kappa shape index (κ2) is 8.96. The highest BCUT2D eigenvalue weighted by Gasteiger charge is 2.23. The predicted octanol–water partition coefficient (Wildman–Crippen LogP) is 2.23. The van der Waals surface area contributed by atoms with E-state index in [1.807, 2.05) is 48.5 Å². The second-order valence-corrected chi connectivity index (χ2v) is 6.84. The van der Waals surface area contributed by atoms with Gasteiger partial charge in [-0.3, -0.25) is 4.79 Å². The van der Waals surface area contributed by atoms with Crippen LogP contribution in [0.15, 0.2) is 36.7 Å². The molecule has 1 N–H and O–H groups in total. The summed E-state index contributed by atoms with van der Waals surface area (Å²) in [5.41, 5.74) is 1.95. The zero-order valence-corrected chi connectivity index (χ0v) is 15.6. The molecule has 0 aliphatic carbocycles. The standard InChI is InChI=1S/C20H28N4O2/c1-16-3-5-17(6-4-16)20(25)24-10-7-18(8-11-24)22-15-19-21-9-12-23(19)13-14-26-2/h3-6,9,12,18,22H,7-8,10-11,13-15H2,1-2H3. The van der Waals surface area contributed by atoms with Crippen molar-refractivity contribution in [1.82, 2.24) is 19.8 Å². The van der Waals surface area contributed by atoms with Gasteiger partial charge in [0, 0.05) is 50.7 Å². The molecule has 0 spiro atoms. The summed E-state index contributed by atoms with van der Waals surface area (Å²) in [6, 6.07) is 8.24. The largest absolute Gasteiger partial charge is 0.383 e. The molecule has 1 amide bonds. The lowest BCUT2D eigenvalue weighted by molar-refractivity contribution is 0.0704. The van der Waals surface area contributed by atoms with Gasteiger partial charge >= 0.3 is 0 Å². The Morgan fingerprint density at radius 2 is 2.00 bits per heavy atom. The molecule has 0 radical (unpaired) electrons. The normalized spacial score (nSPS) is 15.4. The summed E-state index contributed by atoms with van der Waals surface area (Å²) in [5, 5.41) is 3.59. The Morgan fingerprint density at radius 3 is 2.69 bits per heavy atom. The number of imidazole rings is 1. The van der Waals surface area contributed by atoms with Gasteiger partial charge in [0.05, 0.1) is 13.2 Å². The van der Waals surface area contributed by atoms with E-state index in [0.717, 1.165) is 50.4 Å². The minimum atomic E-state index is 0.138. The smallest absolute Gasteiger partial charge is 0.253 e. The number of piperidine rings is 1. The fraction of sp³-hybridized carbons (Fsp3) is 0.500. The van der Waals surface area contributed by atoms with Gasteiger partial charge in [0.15, 0.2) is 0 Å². The molecule has 6 heteroatoms.